The molecule has 1 rings (SSSR count). The van der Waals surface area contributed by atoms with Gasteiger partial charge in [-0.25, -0.2) is 0 Å². The van der Waals surface area contributed by atoms with Crippen LogP contribution in [0.25, 0.3) is 0 Å². The molecule has 0 atom stereocenters. The molecular weight excluding hydrogens is 278 g/mol. The number of carbonyl (C=O) groups excluding carboxylic acids is 1. The molecule has 0 spiro atoms. The number of rotatable bonds is 10. The molecule has 2 N–H and O–H groups in total. The molecule has 0 radical (unpaired) electrons. The number of hydrogen-bond donors (Lipinski definition) is 2. The van der Waals surface area contributed by atoms with Gasteiger partial charge in [0.25, 0.3) is 5.91 Å². The van der Waals surface area contributed by atoms with E-state index in [0.717, 1.165) is 39.1 Å². The van der Waals surface area contributed by atoms with Crippen molar-refractivity contribution in [1.29, 1.82) is 0 Å². The second-order valence-corrected chi connectivity index (χ2v) is 5.54. The summed E-state index contributed by atoms with van der Waals surface area (Å²) in [6, 6.07) is 6.31. The average molecular weight is 307 g/mol. The lowest BCUT2D eigenvalue weighted by Gasteiger charge is -2.24. The van der Waals surface area contributed by atoms with E-state index in [0.29, 0.717) is 12.1 Å². The van der Waals surface area contributed by atoms with E-state index in [2.05, 4.69) is 36.0 Å². The molecule has 5 heteroatoms. The van der Waals surface area contributed by atoms with Crippen LogP contribution in [-0.2, 0) is 0 Å². The van der Waals surface area contributed by atoms with Crippen LogP contribution in [0.4, 0.5) is 0 Å². The standard InChI is InChI=1S/C17H29N3O2/c1-4-11-20(14-13-19(3)5-2)12-10-18-17(22)15-6-8-16(21)9-7-15/h6-9,21H,4-5,10-14H2,1-3H3,(H,18,22). The van der Waals surface area contributed by atoms with Crippen molar-refractivity contribution in [3.63, 3.8) is 0 Å². The fourth-order valence-corrected chi connectivity index (χ4v) is 2.16. The number of benzene rings is 1. The normalized spacial score (nSPS) is 11.1. The Labute approximate surface area is 133 Å². The Bertz CT molecular complexity index is 434. The molecule has 0 aliphatic carbocycles. The van der Waals surface area contributed by atoms with Crippen LogP contribution in [-0.4, -0.2) is 67.1 Å². The average Bonchev–Trinajstić information content (AvgIpc) is 2.52. The lowest BCUT2D eigenvalue weighted by atomic mass is 10.2. The Morgan fingerprint density at radius 2 is 1.77 bits per heavy atom. The molecule has 0 aliphatic rings. The van der Waals surface area contributed by atoms with Gasteiger partial charge in [0.15, 0.2) is 0 Å². The van der Waals surface area contributed by atoms with Gasteiger partial charge in [-0.05, 0) is 50.8 Å². The van der Waals surface area contributed by atoms with Crippen molar-refractivity contribution in [2.45, 2.75) is 20.3 Å². The van der Waals surface area contributed by atoms with E-state index in [-0.39, 0.29) is 11.7 Å². The van der Waals surface area contributed by atoms with Crippen molar-refractivity contribution in [2.24, 2.45) is 0 Å². The van der Waals surface area contributed by atoms with Crippen LogP contribution < -0.4 is 5.32 Å². The first-order valence-corrected chi connectivity index (χ1v) is 8.05. The Morgan fingerprint density at radius 1 is 1.09 bits per heavy atom. The second-order valence-electron chi connectivity index (χ2n) is 5.54. The van der Waals surface area contributed by atoms with Crippen molar-refractivity contribution in [3.05, 3.63) is 29.8 Å². The zero-order chi connectivity index (χ0) is 16.4. The van der Waals surface area contributed by atoms with E-state index < -0.39 is 0 Å². The highest BCUT2D eigenvalue weighted by atomic mass is 16.3. The smallest absolute Gasteiger partial charge is 0.251 e. The molecule has 0 fully saturated rings. The maximum Gasteiger partial charge on any atom is 0.251 e. The maximum atomic E-state index is 12.0. The number of nitrogens with one attached hydrogen (secondary N) is 1. The largest absolute Gasteiger partial charge is 0.508 e. The summed E-state index contributed by atoms with van der Waals surface area (Å²) >= 11 is 0. The quantitative estimate of drug-likeness (QED) is 0.692. The topological polar surface area (TPSA) is 55.8 Å². The molecule has 22 heavy (non-hydrogen) atoms. The van der Waals surface area contributed by atoms with Gasteiger partial charge in [-0.1, -0.05) is 13.8 Å². The molecule has 124 valence electrons. The summed E-state index contributed by atoms with van der Waals surface area (Å²) in [5.41, 5.74) is 0.575. The van der Waals surface area contributed by atoms with Gasteiger partial charge in [0, 0.05) is 31.7 Å². The Balaban J connectivity index is 2.35. The first kappa shape index (κ1) is 18.5. The minimum atomic E-state index is -0.0953. The zero-order valence-corrected chi connectivity index (χ0v) is 14.0. The number of phenols is 1. The first-order chi connectivity index (χ1) is 10.6. The monoisotopic (exact) mass is 307 g/mol. The molecule has 1 aromatic rings. The fourth-order valence-electron chi connectivity index (χ4n) is 2.16. The van der Waals surface area contributed by atoms with Crippen LogP contribution in [0.5, 0.6) is 5.75 Å². The molecule has 0 saturated carbocycles. The van der Waals surface area contributed by atoms with E-state index in [1.165, 1.54) is 12.1 Å². The molecule has 0 aliphatic heterocycles. The van der Waals surface area contributed by atoms with Crippen molar-refractivity contribution in [2.75, 3.05) is 46.3 Å². The predicted octanol–water partition coefficient (Wildman–Crippen LogP) is 1.79. The fraction of sp³-hybridized carbons (Fsp3) is 0.588. The summed E-state index contributed by atoms with van der Waals surface area (Å²) in [5.74, 6) is 0.0767. The Hall–Kier alpha value is -1.59. The third-order valence-electron chi connectivity index (χ3n) is 3.72. The molecule has 1 aromatic carbocycles. The van der Waals surface area contributed by atoms with E-state index in [1.54, 1.807) is 12.1 Å². The minimum Gasteiger partial charge on any atom is -0.508 e. The molecule has 0 unspecified atom stereocenters. The predicted molar refractivity (Wildman–Crippen MR) is 90.3 cm³/mol. The van der Waals surface area contributed by atoms with Gasteiger partial charge >= 0.3 is 0 Å². The van der Waals surface area contributed by atoms with Gasteiger partial charge in [-0.3, -0.25) is 4.79 Å². The summed E-state index contributed by atoms with van der Waals surface area (Å²) in [6.45, 7) is 9.98. The minimum absolute atomic E-state index is 0.0953. The van der Waals surface area contributed by atoms with Gasteiger partial charge in [0.05, 0.1) is 0 Å². The van der Waals surface area contributed by atoms with Crippen molar-refractivity contribution in [3.8, 4) is 5.75 Å². The van der Waals surface area contributed by atoms with Crippen LogP contribution in [0.2, 0.25) is 0 Å². The van der Waals surface area contributed by atoms with Crippen LogP contribution in [0.15, 0.2) is 24.3 Å². The molecule has 1 amide bonds. The van der Waals surface area contributed by atoms with Gasteiger partial charge in [-0.2, -0.15) is 0 Å². The Morgan fingerprint density at radius 3 is 2.36 bits per heavy atom. The number of aromatic hydroxyl groups is 1. The molecule has 0 heterocycles. The molecule has 0 aromatic heterocycles. The number of phenolic OH excluding ortho intramolecular Hbond substituents is 1. The lowest BCUT2D eigenvalue weighted by Crippen LogP contribution is -2.39. The number of hydrogen-bond acceptors (Lipinski definition) is 4. The number of likely N-dealkylation sites (N-methyl/N-ethyl adjacent to an activating group) is 1. The maximum absolute atomic E-state index is 12.0. The summed E-state index contributed by atoms with van der Waals surface area (Å²) in [7, 11) is 2.12. The molecule has 0 saturated heterocycles. The van der Waals surface area contributed by atoms with E-state index >= 15 is 0 Å². The van der Waals surface area contributed by atoms with Crippen LogP contribution in [0.1, 0.15) is 30.6 Å². The molecular formula is C17H29N3O2. The van der Waals surface area contributed by atoms with E-state index in [9.17, 15) is 9.90 Å². The van der Waals surface area contributed by atoms with Crippen molar-refractivity contribution >= 4 is 5.91 Å². The molecule has 0 bridgehead atoms. The first-order valence-electron chi connectivity index (χ1n) is 8.05. The van der Waals surface area contributed by atoms with Gasteiger partial charge < -0.3 is 20.2 Å². The number of nitrogens with zero attached hydrogens (tertiary/aromatic N) is 2. The van der Waals surface area contributed by atoms with Gasteiger partial charge in [0.1, 0.15) is 5.75 Å². The SMILES string of the molecule is CCCN(CCNC(=O)c1ccc(O)cc1)CCN(C)CC. The van der Waals surface area contributed by atoms with Crippen molar-refractivity contribution < 1.29 is 9.90 Å². The van der Waals surface area contributed by atoms with Crippen molar-refractivity contribution in [1.82, 2.24) is 15.1 Å². The number of amides is 1. The number of carbonyl (C=O) groups is 1. The van der Waals surface area contributed by atoms with E-state index in [1.807, 2.05) is 0 Å². The highest BCUT2D eigenvalue weighted by Gasteiger charge is 2.08. The van der Waals surface area contributed by atoms with Crippen LogP contribution in [0, 0.1) is 0 Å². The summed E-state index contributed by atoms with van der Waals surface area (Å²) in [6.07, 6.45) is 1.11. The summed E-state index contributed by atoms with van der Waals surface area (Å²) in [4.78, 5) is 16.7. The van der Waals surface area contributed by atoms with E-state index in [4.69, 9.17) is 0 Å². The lowest BCUT2D eigenvalue weighted by molar-refractivity contribution is 0.0947. The third kappa shape index (κ3) is 6.91. The van der Waals surface area contributed by atoms with Gasteiger partial charge in [-0.15, -0.1) is 0 Å². The van der Waals surface area contributed by atoms with Crippen LogP contribution >= 0.6 is 0 Å². The zero-order valence-electron chi connectivity index (χ0n) is 14.0. The Kier molecular flexibility index (Phi) is 8.55. The highest BCUT2D eigenvalue weighted by Crippen LogP contribution is 2.09. The highest BCUT2D eigenvalue weighted by molar-refractivity contribution is 5.94. The summed E-state index contributed by atoms with van der Waals surface area (Å²) < 4.78 is 0. The third-order valence-corrected chi connectivity index (χ3v) is 3.72. The second kappa shape index (κ2) is 10.2. The van der Waals surface area contributed by atoms with Crippen LogP contribution in [0.3, 0.4) is 0 Å². The van der Waals surface area contributed by atoms with Gasteiger partial charge in [0.2, 0.25) is 0 Å². The summed E-state index contributed by atoms with van der Waals surface area (Å²) in [5, 5.41) is 12.2. The molecule has 5 nitrogen and oxygen atoms in total.